The van der Waals surface area contributed by atoms with Crippen LogP contribution in [0.1, 0.15) is 5.56 Å². The Balaban J connectivity index is 1.98. The van der Waals surface area contributed by atoms with Gasteiger partial charge in [-0.2, -0.15) is 5.10 Å². The smallest absolute Gasteiger partial charge is 0.130 e. The summed E-state index contributed by atoms with van der Waals surface area (Å²) >= 11 is 0. The highest BCUT2D eigenvalue weighted by molar-refractivity contribution is 5.91. The first-order valence-electron chi connectivity index (χ1n) is 6.90. The van der Waals surface area contributed by atoms with E-state index in [0.29, 0.717) is 12.4 Å². The average molecular weight is 298 g/mol. The number of methoxy groups -OCH3 is 1. The molecule has 0 unspecified atom stereocenters. The standard InChI is InChI=1S/C16H18N4O2/c1-21-15-6-4-3-5-11(15)10-20-16(17)13-8-7-12(19-22-2)9-14(13)18-20/h3-9,19H,10,17H2,1-2H3. The summed E-state index contributed by atoms with van der Waals surface area (Å²) in [5.41, 5.74) is 11.7. The second-order valence-corrected chi connectivity index (χ2v) is 4.89. The van der Waals surface area contributed by atoms with E-state index in [1.54, 1.807) is 18.9 Å². The number of hydrogen-bond acceptors (Lipinski definition) is 5. The molecule has 0 radical (unpaired) electrons. The van der Waals surface area contributed by atoms with Crippen LogP contribution in [0.4, 0.5) is 11.5 Å². The van der Waals surface area contributed by atoms with Gasteiger partial charge in [0.15, 0.2) is 0 Å². The Hall–Kier alpha value is -2.73. The third-order valence-corrected chi connectivity index (χ3v) is 3.51. The molecule has 0 saturated heterocycles. The molecule has 0 spiro atoms. The monoisotopic (exact) mass is 298 g/mol. The van der Waals surface area contributed by atoms with Crippen LogP contribution >= 0.6 is 0 Å². The van der Waals surface area contributed by atoms with Gasteiger partial charge in [-0.15, -0.1) is 0 Å². The van der Waals surface area contributed by atoms with Crippen molar-refractivity contribution in [1.29, 1.82) is 0 Å². The van der Waals surface area contributed by atoms with Crippen LogP contribution in [0, 0.1) is 0 Å². The van der Waals surface area contributed by atoms with Gasteiger partial charge < -0.3 is 10.5 Å². The first kappa shape index (κ1) is 14.2. The summed E-state index contributed by atoms with van der Waals surface area (Å²) in [6.45, 7) is 0.553. The number of aromatic nitrogens is 2. The predicted molar refractivity (Wildman–Crippen MR) is 86.9 cm³/mol. The number of rotatable bonds is 5. The third-order valence-electron chi connectivity index (χ3n) is 3.51. The molecule has 22 heavy (non-hydrogen) atoms. The largest absolute Gasteiger partial charge is 0.496 e. The van der Waals surface area contributed by atoms with Gasteiger partial charge in [-0.05, 0) is 24.3 Å². The number of anilines is 2. The van der Waals surface area contributed by atoms with Crippen LogP contribution in [0.2, 0.25) is 0 Å². The molecule has 0 atom stereocenters. The van der Waals surface area contributed by atoms with Gasteiger partial charge in [0.05, 0.1) is 32.0 Å². The summed E-state index contributed by atoms with van der Waals surface area (Å²) in [5.74, 6) is 1.45. The second-order valence-electron chi connectivity index (χ2n) is 4.89. The van der Waals surface area contributed by atoms with E-state index in [4.69, 9.17) is 15.3 Å². The zero-order valence-electron chi connectivity index (χ0n) is 12.5. The van der Waals surface area contributed by atoms with E-state index >= 15 is 0 Å². The van der Waals surface area contributed by atoms with E-state index in [1.807, 2.05) is 42.5 Å². The number of benzene rings is 2. The topological polar surface area (TPSA) is 74.3 Å². The summed E-state index contributed by atoms with van der Waals surface area (Å²) in [4.78, 5) is 4.91. The number of hydrogen-bond donors (Lipinski definition) is 2. The van der Waals surface area contributed by atoms with Crippen LogP contribution in [0.5, 0.6) is 5.75 Å². The number of para-hydroxylation sites is 1. The van der Waals surface area contributed by atoms with Crippen molar-refractivity contribution in [3.8, 4) is 5.75 Å². The number of nitrogen functional groups attached to an aromatic ring is 1. The van der Waals surface area contributed by atoms with E-state index in [9.17, 15) is 0 Å². The minimum absolute atomic E-state index is 0.553. The molecule has 0 saturated carbocycles. The number of nitrogens with one attached hydrogen (secondary N) is 1. The Morgan fingerprint density at radius 3 is 2.77 bits per heavy atom. The predicted octanol–water partition coefficient (Wildman–Crippen LogP) is 2.65. The fourth-order valence-electron chi connectivity index (χ4n) is 2.45. The second kappa shape index (κ2) is 5.95. The highest BCUT2D eigenvalue weighted by Gasteiger charge is 2.11. The molecule has 0 amide bonds. The maximum Gasteiger partial charge on any atom is 0.130 e. The van der Waals surface area contributed by atoms with Crippen LogP contribution in [0.15, 0.2) is 42.5 Å². The van der Waals surface area contributed by atoms with Gasteiger partial charge in [0.25, 0.3) is 0 Å². The van der Waals surface area contributed by atoms with Gasteiger partial charge in [-0.1, -0.05) is 18.2 Å². The maximum atomic E-state index is 6.21. The Bertz CT molecular complexity index is 798. The van der Waals surface area contributed by atoms with Crippen LogP contribution in [-0.4, -0.2) is 24.0 Å². The fraction of sp³-hybridized carbons (Fsp3) is 0.188. The van der Waals surface area contributed by atoms with Gasteiger partial charge in [0.2, 0.25) is 0 Å². The molecule has 2 aromatic carbocycles. The molecule has 0 aliphatic carbocycles. The number of nitrogens with two attached hydrogens (primary N) is 1. The molecule has 0 aliphatic heterocycles. The number of nitrogens with zero attached hydrogens (tertiary/aromatic N) is 2. The number of ether oxygens (including phenoxy) is 1. The zero-order chi connectivity index (χ0) is 15.5. The van der Waals surface area contributed by atoms with Crippen molar-refractivity contribution in [2.45, 2.75) is 6.54 Å². The van der Waals surface area contributed by atoms with Crippen LogP contribution in [-0.2, 0) is 11.4 Å². The van der Waals surface area contributed by atoms with Gasteiger partial charge in [0.1, 0.15) is 11.6 Å². The van der Waals surface area contributed by atoms with Gasteiger partial charge >= 0.3 is 0 Å². The van der Waals surface area contributed by atoms with Gasteiger partial charge in [-0.25, -0.2) is 4.68 Å². The van der Waals surface area contributed by atoms with Crippen LogP contribution in [0.25, 0.3) is 10.9 Å². The molecule has 6 nitrogen and oxygen atoms in total. The lowest BCUT2D eigenvalue weighted by Crippen LogP contribution is -2.06. The summed E-state index contributed by atoms with van der Waals surface area (Å²) in [7, 11) is 3.23. The highest BCUT2D eigenvalue weighted by Crippen LogP contribution is 2.26. The lowest BCUT2D eigenvalue weighted by Gasteiger charge is -2.09. The highest BCUT2D eigenvalue weighted by atomic mass is 16.6. The minimum atomic E-state index is 0.553. The first-order chi connectivity index (χ1) is 10.7. The molecule has 0 fully saturated rings. The molecule has 3 rings (SSSR count). The van der Waals surface area contributed by atoms with Gasteiger partial charge in [0, 0.05) is 10.9 Å². The van der Waals surface area contributed by atoms with Crippen LogP contribution in [0.3, 0.4) is 0 Å². The molecule has 0 bridgehead atoms. The maximum absolute atomic E-state index is 6.21. The zero-order valence-corrected chi connectivity index (χ0v) is 12.5. The van der Waals surface area contributed by atoms with Crippen molar-refractivity contribution < 1.29 is 9.57 Å². The molecule has 3 N–H and O–H groups in total. The quantitative estimate of drug-likeness (QED) is 0.708. The number of fused-ring (bicyclic) bond motifs is 1. The van der Waals surface area contributed by atoms with E-state index < -0.39 is 0 Å². The molecular weight excluding hydrogens is 280 g/mol. The van der Waals surface area contributed by atoms with Crippen molar-refractivity contribution >= 4 is 22.4 Å². The molecular formula is C16H18N4O2. The van der Waals surface area contributed by atoms with Crippen molar-refractivity contribution in [2.24, 2.45) is 0 Å². The summed E-state index contributed by atoms with van der Waals surface area (Å²) in [6, 6.07) is 13.6. The lowest BCUT2D eigenvalue weighted by atomic mass is 10.2. The minimum Gasteiger partial charge on any atom is -0.496 e. The van der Waals surface area contributed by atoms with Crippen molar-refractivity contribution in [3.05, 3.63) is 48.0 Å². The first-order valence-corrected chi connectivity index (χ1v) is 6.90. The summed E-state index contributed by atoms with van der Waals surface area (Å²) < 4.78 is 7.15. The molecule has 6 heteroatoms. The van der Waals surface area contributed by atoms with E-state index in [0.717, 1.165) is 27.9 Å². The molecule has 114 valence electrons. The molecule has 1 heterocycles. The van der Waals surface area contributed by atoms with Crippen molar-refractivity contribution in [1.82, 2.24) is 9.78 Å². The van der Waals surface area contributed by atoms with E-state index in [-0.39, 0.29) is 0 Å². The van der Waals surface area contributed by atoms with E-state index in [1.165, 1.54) is 0 Å². The van der Waals surface area contributed by atoms with Crippen LogP contribution < -0.4 is 16.0 Å². The fourth-order valence-corrected chi connectivity index (χ4v) is 2.45. The average Bonchev–Trinajstić information content (AvgIpc) is 2.84. The Kier molecular flexibility index (Phi) is 3.84. The SMILES string of the molecule is CONc1ccc2c(N)n(Cc3ccccc3OC)nc2c1. The molecule has 0 aliphatic rings. The summed E-state index contributed by atoms with van der Waals surface area (Å²) in [5, 5.41) is 5.48. The lowest BCUT2D eigenvalue weighted by molar-refractivity contribution is 0.271. The Morgan fingerprint density at radius 1 is 1.18 bits per heavy atom. The molecule has 3 aromatic rings. The molecule has 1 aromatic heterocycles. The van der Waals surface area contributed by atoms with Gasteiger partial charge in [-0.3, -0.25) is 10.3 Å². The normalized spacial score (nSPS) is 10.8. The van der Waals surface area contributed by atoms with Crippen molar-refractivity contribution in [3.63, 3.8) is 0 Å². The third kappa shape index (κ3) is 2.56. The van der Waals surface area contributed by atoms with Crippen molar-refractivity contribution in [2.75, 3.05) is 25.4 Å². The summed E-state index contributed by atoms with van der Waals surface area (Å²) in [6.07, 6.45) is 0. The van der Waals surface area contributed by atoms with E-state index in [2.05, 4.69) is 10.6 Å². The Labute approximate surface area is 128 Å². The Morgan fingerprint density at radius 2 is 2.00 bits per heavy atom.